The van der Waals surface area contributed by atoms with Crippen molar-refractivity contribution >= 4 is 5.95 Å². The van der Waals surface area contributed by atoms with Crippen LogP contribution >= 0.6 is 0 Å². The van der Waals surface area contributed by atoms with Crippen molar-refractivity contribution in [3.05, 3.63) is 23.7 Å². The molecule has 2 rings (SSSR count). The topological polar surface area (TPSA) is 55.6 Å². The molecule has 0 bridgehead atoms. The Balaban J connectivity index is 2.60. The van der Waals surface area contributed by atoms with Crippen LogP contribution in [0.4, 0.5) is 19.1 Å². The van der Waals surface area contributed by atoms with Crippen molar-refractivity contribution in [2.24, 2.45) is 7.05 Å². The Labute approximate surface area is 107 Å². The third-order valence-electron chi connectivity index (χ3n) is 2.53. The van der Waals surface area contributed by atoms with E-state index in [0.29, 0.717) is 11.3 Å². The van der Waals surface area contributed by atoms with Gasteiger partial charge in [0.2, 0.25) is 5.95 Å². The molecule has 2 aromatic heterocycles. The van der Waals surface area contributed by atoms with Gasteiger partial charge in [-0.2, -0.15) is 18.3 Å². The van der Waals surface area contributed by atoms with Crippen LogP contribution in [-0.2, 0) is 13.2 Å². The molecule has 8 heteroatoms. The van der Waals surface area contributed by atoms with Crippen LogP contribution in [0.3, 0.4) is 0 Å². The van der Waals surface area contributed by atoms with E-state index in [1.807, 2.05) is 0 Å². The van der Waals surface area contributed by atoms with E-state index in [1.165, 1.54) is 11.7 Å². The summed E-state index contributed by atoms with van der Waals surface area (Å²) in [5.41, 5.74) is 0.366. The number of aromatic nitrogens is 4. The Morgan fingerprint density at radius 2 is 1.95 bits per heavy atom. The Kier molecular flexibility index (Phi) is 3.17. The van der Waals surface area contributed by atoms with Crippen molar-refractivity contribution < 1.29 is 13.2 Å². The number of aryl methyl sites for hydroxylation is 2. The molecule has 0 unspecified atom stereocenters. The van der Waals surface area contributed by atoms with E-state index in [9.17, 15) is 13.2 Å². The van der Waals surface area contributed by atoms with Crippen molar-refractivity contribution in [2.75, 3.05) is 12.4 Å². The first-order valence-corrected chi connectivity index (χ1v) is 5.46. The number of halogens is 3. The number of anilines is 1. The summed E-state index contributed by atoms with van der Waals surface area (Å²) in [4.78, 5) is 7.44. The summed E-state index contributed by atoms with van der Waals surface area (Å²) >= 11 is 0. The van der Waals surface area contributed by atoms with E-state index in [0.717, 1.165) is 6.07 Å². The molecule has 0 amide bonds. The quantitative estimate of drug-likeness (QED) is 0.910. The molecule has 102 valence electrons. The van der Waals surface area contributed by atoms with Crippen molar-refractivity contribution in [3.63, 3.8) is 0 Å². The van der Waals surface area contributed by atoms with Gasteiger partial charge in [-0.3, -0.25) is 4.68 Å². The van der Waals surface area contributed by atoms with Crippen LogP contribution in [0.1, 0.15) is 11.4 Å². The molecule has 0 aliphatic rings. The molecule has 0 radical (unpaired) electrons. The van der Waals surface area contributed by atoms with Gasteiger partial charge in [0, 0.05) is 25.9 Å². The van der Waals surface area contributed by atoms with Crippen LogP contribution in [0.2, 0.25) is 0 Å². The Hall–Kier alpha value is -2.12. The molecule has 0 aliphatic carbocycles. The highest BCUT2D eigenvalue weighted by molar-refractivity contribution is 5.62. The number of hydrogen-bond donors (Lipinski definition) is 1. The van der Waals surface area contributed by atoms with E-state index >= 15 is 0 Å². The summed E-state index contributed by atoms with van der Waals surface area (Å²) in [5, 5.41) is 6.62. The third-order valence-corrected chi connectivity index (χ3v) is 2.53. The number of nitrogens with one attached hydrogen (secondary N) is 1. The molecule has 2 aromatic rings. The maximum atomic E-state index is 12.8. The molecule has 0 atom stereocenters. The first-order chi connectivity index (χ1) is 8.81. The minimum Gasteiger partial charge on any atom is -0.357 e. The van der Waals surface area contributed by atoms with Gasteiger partial charge in [-0.1, -0.05) is 0 Å². The molecule has 0 spiro atoms. The summed E-state index contributed by atoms with van der Waals surface area (Å²) in [5.74, 6) is -0.0759. The minimum absolute atomic E-state index is 0.0759. The molecule has 5 nitrogen and oxygen atoms in total. The molecule has 2 heterocycles. The largest absolute Gasteiger partial charge is 0.433 e. The lowest BCUT2D eigenvalue weighted by molar-refractivity contribution is -0.141. The maximum Gasteiger partial charge on any atom is 0.433 e. The Morgan fingerprint density at radius 1 is 1.26 bits per heavy atom. The summed E-state index contributed by atoms with van der Waals surface area (Å²) < 4.78 is 39.8. The number of nitrogens with zero attached hydrogens (tertiary/aromatic N) is 4. The van der Waals surface area contributed by atoms with Gasteiger partial charge in [-0.15, -0.1) is 0 Å². The van der Waals surface area contributed by atoms with Crippen molar-refractivity contribution in [3.8, 4) is 11.3 Å². The monoisotopic (exact) mass is 271 g/mol. The summed E-state index contributed by atoms with van der Waals surface area (Å²) in [6.45, 7) is 1.71. The molecule has 0 saturated heterocycles. The standard InChI is InChI=1S/C11H12F3N5/c1-6-7(5-19(3)18-6)8-4-9(11(12,13)14)17-10(15-2)16-8/h4-5H,1-3H3,(H,15,16,17). The second kappa shape index (κ2) is 4.52. The van der Waals surface area contributed by atoms with Crippen molar-refractivity contribution in [2.45, 2.75) is 13.1 Å². The highest BCUT2D eigenvalue weighted by atomic mass is 19.4. The van der Waals surface area contributed by atoms with Gasteiger partial charge in [-0.05, 0) is 13.0 Å². The first kappa shape index (κ1) is 13.3. The summed E-state index contributed by atoms with van der Waals surface area (Å²) in [6.07, 6.45) is -2.89. The minimum atomic E-state index is -4.51. The summed E-state index contributed by atoms with van der Waals surface area (Å²) in [6, 6.07) is 0.921. The predicted octanol–water partition coefficient (Wildman–Crippen LogP) is 2.25. The van der Waals surface area contributed by atoms with E-state index in [2.05, 4.69) is 20.4 Å². The van der Waals surface area contributed by atoms with E-state index in [4.69, 9.17) is 0 Å². The van der Waals surface area contributed by atoms with Crippen molar-refractivity contribution in [1.82, 2.24) is 19.7 Å². The number of hydrogen-bond acceptors (Lipinski definition) is 4. The lowest BCUT2D eigenvalue weighted by atomic mass is 10.1. The second-order valence-corrected chi connectivity index (χ2v) is 4.01. The summed E-state index contributed by atoms with van der Waals surface area (Å²) in [7, 11) is 3.16. The SMILES string of the molecule is CNc1nc(-c2cn(C)nc2C)cc(C(F)(F)F)n1. The Morgan fingerprint density at radius 3 is 2.42 bits per heavy atom. The normalized spacial score (nSPS) is 11.7. The average Bonchev–Trinajstić information content (AvgIpc) is 2.66. The first-order valence-electron chi connectivity index (χ1n) is 5.46. The fraction of sp³-hybridized carbons (Fsp3) is 0.364. The van der Waals surface area contributed by atoms with Crippen LogP contribution in [0.15, 0.2) is 12.3 Å². The van der Waals surface area contributed by atoms with Gasteiger partial charge >= 0.3 is 6.18 Å². The zero-order chi connectivity index (χ0) is 14.2. The third kappa shape index (κ3) is 2.67. The molecule has 0 fully saturated rings. The van der Waals surface area contributed by atoms with Gasteiger partial charge in [0.05, 0.1) is 11.4 Å². The van der Waals surface area contributed by atoms with Crippen LogP contribution in [0, 0.1) is 6.92 Å². The fourth-order valence-corrected chi connectivity index (χ4v) is 1.69. The number of rotatable bonds is 2. The van der Waals surface area contributed by atoms with Crippen molar-refractivity contribution in [1.29, 1.82) is 0 Å². The molecular weight excluding hydrogens is 259 g/mol. The smallest absolute Gasteiger partial charge is 0.357 e. The fourth-order valence-electron chi connectivity index (χ4n) is 1.69. The van der Waals surface area contributed by atoms with Crippen LogP contribution in [-0.4, -0.2) is 26.8 Å². The molecule has 0 aromatic carbocycles. The predicted molar refractivity (Wildman–Crippen MR) is 63.5 cm³/mol. The Bertz CT molecular complexity index is 603. The van der Waals surface area contributed by atoms with E-state index in [1.54, 1.807) is 20.2 Å². The molecular formula is C11H12F3N5. The van der Waals surface area contributed by atoms with Crippen LogP contribution < -0.4 is 5.32 Å². The highest BCUT2D eigenvalue weighted by Crippen LogP contribution is 2.31. The molecule has 0 saturated carbocycles. The number of alkyl halides is 3. The zero-order valence-corrected chi connectivity index (χ0v) is 10.6. The van der Waals surface area contributed by atoms with Crippen LogP contribution in [0.5, 0.6) is 0 Å². The lowest BCUT2D eigenvalue weighted by Gasteiger charge is -2.09. The molecule has 0 aliphatic heterocycles. The highest BCUT2D eigenvalue weighted by Gasteiger charge is 2.34. The van der Waals surface area contributed by atoms with Gasteiger partial charge in [-0.25, -0.2) is 9.97 Å². The van der Waals surface area contributed by atoms with Gasteiger partial charge < -0.3 is 5.32 Å². The van der Waals surface area contributed by atoms with Gasteiger partial charge in [0.15, 0.2) is 5.69 Å². The maximum absolute atomic E-state index is 12.8. The van der Waals surface area contributed by atoms with Gasteiger partial charge in [0.25, 0.3) is 0 Å². The molecule has 1 N–H and O–H groups in total. The molecule has 19 heavy (non-hydrogen) atoms. The average molecular weight is 271 g/mol. The second-order valence-electron chi connectivity index (χ2n) is 4.01. The lowest BCUT2D eigenvalue weighted by Crippen LogP contribution is -2.11. The zero-order valence-electron chi connectivity index (χ0n) is 10.6. The van der Waals surface area contributed by atoms with Gasteiger partial charge in [0.1, 0.15) is 0 Å². The van der Waals surface area contributed by atoms with Crippen LogP contribution in [0.25, 0.3) is 11.3 Å². The van der Waals surface area contributed by atoms with E-state index < -0.39 is 11.9 Å². The van der Waals surface area contributed by atoms with E-state index in [-0.39, 0.29) is 11.6 Å².